The fourth-order valence-electron chi connectivity index (χ4n) is 3.79. The first-order valence-electron chi connectivity index (χ1n) is 12.9. The summed E-state index contributed by atoms with van der Waals surface area (Å²) in [6.45, 7) is 9.50. The predicted molar refractivity (Wildman–Crippen MR) is 146 cm³/mol. The first-order valence-corrected chi connectivity index (χ1v) is 12.9. The van der Waals surface area contributed by atoms with Gasteiger partial charge in [0.2, 0.25) is 5.91 Å². The van der Waals surface area contributed by atoms with Crippen LogP contribution in [-0.2, 0) is 20.7 Å². The molecule has 0 fully saturated rings. The molecule has 202 valence electrons. The molecule has 2 aromatic carbocycles. The van der Waals surface area contributed by atoms with Gasteiger partial charge < -0.3 is 25.0 Å². The van der Waals surface area contributed by atoms with Gasteiger partial charge in [-0.1, -0.05) is 51.0 Å². The predicted octanol–water partition coefficient (Wildman–Crippen LogP) is 5.48. The molecule has 2 aromatic rings. The van der Waals surface area contributed by atoms with Crippen molar-refractivity contribution in [1.29, 1.82) is 0 Å². The largest absolute Gasteiger partial charge is 0.497 e. The van der Waals surface area contributed by atoms with Crippen molar-refractivity contribution < 1.29 is 23.9 Å². The second-order valence-corrected chi connectivity index (χ2v) is 9.87. The molecular weight excluding hydrogens is 470 g/mol. The third kappa shape index (κ3) is 9.79. The standard InChI is InChI=1S/C29H41N3O5/c1-7-9-10-19-32(25(33)20-30-28(35)37-29(3,4)5)26(22-13-11-21(8-2)12-14-22)27(34)31-23-15-17-24(36-6)18-16-23/h11-18,26H,7-10,19-20H2,1-6H3,(H,30,35)(H,31,34). The fourth-order valence-corrected chi connectivity index (χ4v) is 3.79. The lowest BCUT2D eigenvalue weighted by Gasteiger charge is -2.32. The average Bonchev–Trinajstić information content (AvgIpc) is 2.86. The summed E-state index contributed by atoms with van der Waals surface area (Å²) in [5.74, 6) is -0.0257. The Morgan fingerprint density at radius 2 is 1.59 bits per heavy atom. The molecule has 0 saturated heterocycles. The van der Waals surface area contributed by atoms with Crippen molar-refractivity contribution in [2.45, 2.75) is 71.9 Å². The van der Waals surface area contributed by atoms with E-state index in [9.17, 15) is 14.4 Å². The van der Waals surface area contributed by atoms with E-state index in [0.717, 1.165) is 31.2 Å². The molecule has 0 heterocycles. The van der Waals surface area contributed by atoms with Crippen molar-refractivity contribution in [3.63, 3.8) is 0 Å². The number of amides is 3. The summed E-state index contributed by atoms with van der Waals surface area (Å²) in [5, 5.41) is 5.48. The van der Waals surface area contributed by atoms with Crippen molar-refractivity contribution in [2.24, 2.45) is 0 Å². The van der Waals surface area contributed by atoms with E-state index in [2.05, 4.69) is 24.5 Å². The highest BCUT2D eigenvalue weighted by Crippen LogP contribution is 2.26. The smallest absolute Gasteiger partial charge is 0.408 e. The lowest BCUT2D eigenvalue weighted by molar-refractivity contribution is -0.138. The number of carbonyl (C=O) groups is 3. The van der Waals surface area contributed by atoms with Gasteiger partial charge in [0.1, 0.15) is 23.9 Å². The first kappa shape index (κ1) is 29.7. The Labute approximate surface area is 220 Å². The Hall–Kier alpha value is -3.55. The van der Waals surface area contributed by atoms with Crippen LogP contribution in [0.15, 0.2) is 48.5 Å². The van der Waals surface area contributed by atoms with Gasteiger partial charge in [-0.15, -0.1) is 0 Å². The molecule has 2 N–H and O–H groups in total. The Bertz CT molecular complexity index is 1010. The second-order valence-electron chi connectivity index (χ2n) is 9.87. The van der Waals surface area contributed by atoms with Crippen molar-refractivity contribution in [3.8, 4) is 5.75 Å². The number of benzene rings is 2. The summed E-state index contributed by atoms with van der Waals surface area (Å²) in [4.78, 5) is 40.9. The van der Waals surface area contributed by atoms with Crippen molar-refractivity contribution in [2.75, 3.05) is 25.5 Å². The highest BCUT2D eigenvalue weighted by Gasteiger charge is 2.31. The van der Waals surface area contributed by atoms with E-state index in [1.54, 1.807) is 57.0 Å². The molecular formula is C29H41N3O5. The van der Waals surface area contributed by atoms with Gasteiger partial charge in [0.25, 0.3) is 5.91 Å². The summed E-state index contributed by atoms with van der Waals surface area (Å²) in [6, 6.07) is 13.9. The maximum Gasteiger partial charge on any atom is 0.408 e. The number of unbranched alkanes of at least 4 members (excludes halogenated alkanes) is 2. The molecule has 1 unspecified atom stereocenters. The van der Waals surface area contributed by atoms with Gasteiger partial charge in [-0.25, -0.2) is 4.79 Å². The number of nitrogens with zero attached hydrogens (tertiary/aromatic N) is 1. The number of anilines is 1. The van der Waals surface area contributed by atoms with E-state index < -0.39 is 17.7 Å². The zero-order chi connectivity index (χ0) is 27.4. The van der Waals surface area contributed by atoms with Crippen molar-refractivity contribution >= 4 is 23.6 Å². The molecule has 0 bridgehead atoms. The maximum atomic E-state index is 13.7. The molecule has 3 amide bonds. The second kappa shape index (κ2) is 14.3. The molecule has 0 radical (unpaired) electrons. The van der Waals surface area contributed by atoms with Crippen molar-refractivity contribution in [1.82, 2.24) is 10.2 Å². The number of alkyl carbamates (subject to hydrolysis) is 1. The van der Waals surface area contributed by atoms with Crippen LogP contribution in [0, 0.1) is 0 Å². The molecule has 2 rings (SSSR count). The number of hydrogen-bond acceptors (Lipinski definition) is 5. The summed E-state index contributed by atoms with van der Waals surface area (Å²) in [6.07, 6.45) is 2.79. The summed E-state index contributed by atoms with van der Waals surface area (Å²) in [5.41, 5.74) is 1.74. The monoisotopic (exact) mass is 511 g/mol. The summed E-state index contributed by atoms with van der Waals surface area (Å²) >= 11 is 0. The number of rotatable bonds is 12. The third-order valence-electron chi connectivity index (χ3n) is 5.73. The number of hydrogen-bond donors (Lipinski definition) is 2. The number of carbonyl (C=O) groups excluding carboxylic acids is 3. The van der Waals surface area contributed by atoms with Gasteiger partial charge in [-0.2, -0.15) is 0 Å². The minimum atomic E-state index is -0.877. The van der Waals surface area contributed by atoms with E-state index in [1.807, 2.05) is 24.3 Å². The Kier molecular flexibility index (Phi) is 11.4. The van der Waals surface area contributed by atoms with Crippen LogP contribution in [0.5, 0.6) is 5.75 Å². The van der Waals surface area contributed by atoms with Gasteiger partial charge in [-0.3, -0.25) is 9.59 Å². The Morgan fingerprint density at radius 3 is 2.14 bits per heavy atom. The molecule has 8 nitrogen and oxygen atoms in total. The number of methoxy groups -OCH3 is 1. The molecule has 8 heteroatoms. The number of ether oxygens (including phenoxy) is 2. The lowest BCUT2D eigenvalue weighted by atomic mass is 10.0. The minimum absolute atomic E-state index is 0.277. The summed E-state index contributed by atoms with van der Waals surface area (Å²) < 4.78 is 10.5. The van der Waals surface area contributed by atoms with E-state index in [1.165, 1.54) is 0 Å². The van der Waals surface area contributed by atoms with Gasteiger partial charge in [0.15, 0.2) is 0 Å². The quantitative estimate of drug-likeness (QED) is 0.368. The van der Waals surface area contributed by atoms with Crippen LogP contribution in [0.2, 0.25) is 0 Å². The molecule has 0 aliphatic rings. The highest BCUT2D eigenvalue weighted by atomic mass is 16.6. The van der Waals surface area contributed by atoms with Crippen LogP contribution >= 0.6 is 0 Å². The molecule has 0 saturated carbocycles. The summed E-state index contributed by atoms with van der Waals surface area (Å²) in [7, 11) is 1.58. The normalized spacial score (nSPS) is 11.8. The molecule has 0 aromatic heterocycles. The van der Waals surface area contributed by atoms with Gasteiger partial charge in [-0.05, 0) is 69.0 Å². The van der Waals surface area contributed by atoms with Crippen molar-refractivity contribution in [3.05, 3.63) is 59.7 Å². The van der Waals surface area contributed by atoms with Crippen LogP contribution in [0.1, 0.15) is 71.0 Å². The molecule has 0 aliphatic carbocycles. The molecule has 37 heavy (non-hydrogen) atoms. The van der Waals surface area contributed by atoms with Crippen LogP contribution in [0.4, 0.5) is 10.5 Å². The Morgan fingerprint density at radius 1 is 0.946 bits per heavy atom. The first-order chi connectivity index (χ1) is 17.6. The molecule has 1 atom stereocenters. The zero-order valence-electron chi connectivity index (χ0n) is 22.9. The van der Waals surface area contributed by atoms with E-state index >= 15 is 0 Å². The Balaban J connectivity index is 2.35. The van der Waals surface area contributed by atoms with Gasteiger partial charge >= 0.3 is 6.09 Å². The maximum absolute atomic E-state index is 13.7. The van der Waals surface area contributed by atoms with E-state index in [4.69, 9.17) is 9.47 Å². The zero-order valence-corrected chi connectivity index (χ0v) is 22.9. The van der Waals surface area contributed by atoms with Crippen LogP contribution in [0.3, 0.4) is 0 Å². The molecule has 0 spiro atoms. The highest BCUT2D eigenvalue weighted by molar-refractivity contribution is 5.98. The SMILES string of the molecule is CCCCCN(C(=O)CNC(=O)OC(C)(C)C)C(C(=O)Nc1ccc(OC)cc1)c1ccc(CC)cc1. The lowest BCUT2D eigenvalue weighted by Crippen LogP contribution is -2.47. The minimum Gasteiger partial charge on any atom is -0.497 e. The van der Waals surface area contributed by atoms with E-state index in [-0.39, 0.29) is 18.4 Å². The van der Waals surface area contributed by atoms with Gasteiger partial charge in [0.05, 0.1) is 7.11 Å². The third-order valence-corrected chi connectivity index (χ3v) is 5.73. The van der Waals surface area contributed by atoms with Crippen LogP contribution in [-0.4, -0.2) is 48.6 Å². The fraction of sp³-hybridized carbons (Fsp3) is 0.483. The number of aryl methyl sites for hydroxylation is 1. The topological polar surface area (TPSA) is 97.0 Å². The van der Waals surface area contributed by atoms with Crippen LogP contribution < -0.4 is 15.4 Å². The van der Waals surface area contributed by atoms with Crippen LogP contribution in [0.25, 0.3) is 0 Å². The van der Waals surface area contributed by atoms with E-state index in [0.29, 0.717) is 23.5 Å². The molecule has 0 aliphatic heterocycles. The number of nitrogens with one attached hydrogen (secondary N) is 2. The average molecular weight is 512 g/mol. The van der Waals surface area contributed by atoms with Gasteiger partial charge in [0, 0.05) is 12.2 Å².